The van der Waals surface area contributed by atoms with Gasteiger partial charge in [-0.25, -0.2) is 4.79 Å². The predicted octanol–water partition coefficient (Wildman–Crippen LogP) is 3.99. The summed E-state index contributed by atoms with van der Waals surface area (Å²) < 4.78 is 7.20. The Balaban J connectivity index is 1.40. The van der Waals surface area contributed by atoms with Crippen LogP contribution in [0.15, 0.2) is 42.5 Å². The highest BCUT2D eigenvalue weighted by Gasteiger charge is 2.34. The van der Waals surface area contributed by atoms with Crippen LogP contribution in [-0.4, -0.2) is 40.9 Å². The van der Waals surface area contributed by atoms with Crippen molar-refractivity contribution in [3.05, 3.63) is 70.4 Å². The Labute approximate surface area is 180 Å². The lowest BCUT2D eigenvalue weighted by Gasteiger charge is -2.18. The molecule has 6 heteroatoms. The van der Waals surface area contributed by atoms with Crippen LogP contribution in [0.1, 0.15) is 61.6 Å². The molecule has 1 aromatic heterocycles. The third-order valence-corrected chi connectivity index (χ3v) is 6.44. The zero-order valence-electron chi connectivity index (χ0n) is 17.5. The maximum Gasteiger partial charge on any atom is 0.337 e. The van der Waals surface area contributed by atoms with Crippen LogP contribution in [0.4, 0.5) is 0 Å². The van der Waals surface area contributed by atoms with E-state index in [4.69, 9.17) is 4.74 Å². The third-order valence-electron chi connectivity index (χ3n) is 6.44. The van der Waals surface area contributed by atoms with Crippen molar-refractivity contribution in [1.29, 1.82) is 0 Å². The molecule has 2 aromatic carbocycles. The van der Waals surface area contributed by atoms with E-state index in [1.807, 2.05) is 12.1 Å². The first kappa shape index (κ1) is 19.5. The number of carbonyl (C=O) groups is 3. The number of aryl methyl sites for hydroxylation is 2. The third kappa shape index (κ3) is 3.14. The lowest BCUT2D eigenvalue weighted by Crippen LogP contribution is -2.31. The van der Waals surface area contributed by atoms with Gasteiger partial charge in [0.15, 0.2) is 0 Å². The van der Waals surface area contributed by atoms with Gasteiger partial charge in [0.1, 0.15) is 0 Å². The molecule has 0 atom stereocenters. The minimum absolute atomic E-state index is 0.206. The van der Waals surface area contributed by atoms with E-state index >= 15 is 0 Å². The summed E-state index contributed by atoms with van der Waals surface area (Å²) in [5.74, 6) is -0.741. The van der Waals surface area contributed by atoms with E-state index in [2.05, 4.69) is 4.57 Å². The minimum atomic E-state index is -0.329. The second-order valence-electron chi connectivity index (χ2n) is 8.17. The van der Waals surface area contributed by atoms with Crippen LogP contribution in [0, 0.1) is 0 Å². The zero-order valence-corrected chi connectivity index (χ0v) is 17.5. The molecule has 3 aromatic rings. The highest BCUT2D eigenvalue weighted by Crippen LogP contribution is 2.33. The van der Waals surface area contributed by atoms with E-state index in [0.717, 1.165) is 43.1 Å². The number of aromatic nitrogens is 1. The van der Waals surface area contributed by atoms with Crippen LogP contribution in [-0.2, 0) is 24.1 Å². The minimum Gasteiger partial charge on any atom is -0.465 e. The molecule has 0 bridgehead atoms. The number of carbonyl (C=O) groups excluding carboxylic acids is 3. The van der Waals surface area contributed by atoms with E-state index in [9.17, 15) is 14.4 Å². The normalized spacial score (nSPS) is 15.3. The monoisotopic (exact) mass is 416 g/mol. The van der Waals surface area contributed by atoms with Gasteiger partial charge in [-0.2, -0.15) is 0 Å². The number of imide groups is 1. The van der Waals surface area contributed by atoms with Gasteiger partial charge in [0, 0.05) is 29.7 Å². The summed E-state index contributed by atoms with van der Waals surface area (Å²) in [4.78, 5) is 38.6. The van der Waals surface area contributed by atoms with Gasteiger partial charge in [0.05, 0.1) is 23.8 Å². The average Bonchev–Trinajstić information content (AvgIpc) is 3.25. The van der Waals surface area contributed by atoms with Crippen molar-refractivity contribution in [1.82, 2.24) is 9.47 Å². The van der Waals surface area contributed by atoms with Crippen molar-refractivity contribution in [2.45, 2.75) is 38.6 Å². The van der Waals surface area contributed by atoms with E-state index in [1.165, 1.54) is 23.3 Å². The number of amides is 2. The number of nitrogens with zero attached hydrogens (tertiary/aromatic N) is 2. The van der Waals surface area contributed by atoms with Crippen LogP contribution in [0.5, 0.6) is 0 Å². The second-order valence-corrected chi connectivity index (χ2v) is 8.17. The Morgan fingerprint density at radius 3 is 2.39 bits per heavy atom. The molecule has 2 heterocycles. The molecule has 0 radical (unpaired) electrons. The van der Waals surface area contributed by atoms with Gasteiger partial charge in [0.25, 0.3) is 11.8 Å². The van der Waals surface area contributed by atoms with Gasteiger partial charge in [-0.15, -0.1) is 0 Å². The van der Waals surface area contributed by atoms with Crippen LogP contribution in [0.2, 0.25) is 0 Å². The largest absolute Gasteiger partial charge is 0.465 e. The predicted molar refractivity (Wildman–Crippen MR) is 116 cm³/mol. The highest BCUT2D eigenvalue weighted by molar-refractivity contribution is 6.21. The van der Waals surface area contributed by atoms with Crippen molar-refractivity contribution in [3.63, 3.8) is 0 Å². The number of benzene rings is 2. The fourth-order valence-electron chi connectivity index (χ4n) is 4.97. The van der Waals surface area contributed by atoms with Crippen LogP contribution in [0.3, 0.4) is 0 Å². The second kappa shape index (κ2) is 7.69. The number of esters is 1. The topological polar surface area (TPSA) is 68.6 Å². The molecule has 0 spiro atoms. The van der Waals surface area contributed by atoms with Crippen LogP contribution in [0.25, 0.3) is 10.9 Å². The fourth-order valence-corrected chi connectivity index (χ4v) is 4.97. The molecule has 1 aliphatic heterocycles. The lowest BCUT2D eigenvalue weighted by atomic mass is 9.95. The maximum atomic E-state index is 12.6. The summed E-state index contributed by atoms with van der Waals surface area (Å²) >= 11 is 0. The fraction of sp³-hybridized carbons (Fsp3) is 0.320. The molecule has 0 saturated carbocycles. The van der Waals surface area contributed by atoms with Gasteiger partial charge in [-0.3, -0.25) is 14.5 Å². The summed E-state index contributed by atoms with van der Waals surface area (Å²) in [6, 6.07) is 12.7. The van der Waals surface area contributed by atoms with Gasteiger partial charge in [0.2, 0.25) is 0 Å². The molecule has 2 amide bonds. The van der Waals surface area contributed by atoms with Crippen molar-refractivity contribution in [3.8, 4) is 0 Å². The first-order chi connectivity index (χ1) is 15.1. The summed E-state index contributed by atoms with van der Waals surface area (Å²) in [6.45, 7) is 1.11. The SMILES string of the molecule is COC(=O)c1ccc2c(c1)c1c(n2CCCN2C(=O)c3ccccc3C2=O)CCCC1. The molecular formula is C25H24N2O4. The maximum absolute atomic E-state index is 12.6. The highest BCUT2D eigenvalue weighted by atomic mass is 16.5. The molecule has 0 fully saturated rings. The average molecular weight is 416 g/mol. The lowest BCUT2D eigenvalue weighted by molar-refractivity contribution is 0.0598. The molecule has 5 rings (SSSR count). The summed E-state index contributed by atoms with van der Waals surface area (Å²) in [5.41, 5.74) is 5.27. The summed E-state index contributed by atoms with van der Waals surface area (Å²) in [5, 5.41) is 1.11. The van der Waals surface area contributed by atoms with Crippen molar-refractivity contribution in [2.24, 2.45) is 0 Å². The van der Waals surface area contributed by atoms with E-state index in [-0.39, 0.29) is 17.8 Å². The van der Waals surface area contributed by atoms with Gasteiger partial charge < -0.3 is 9.30 Å². The number of methoxy groups -OCH3 is 1. The van der Waals surface area contributed by atoms with E-state index in [1.54, 1.807) is 30.3 Å². The molecule has 0 unspecified atom stereocenters. The van der Waals surface area contributed by atoms with E-state index in [0.29, 0.717) is 29.7 Å². The molecule has 6 nitrogen and oxygen atoms in total. The summed E-state index contributed by atoms with van der Waals surface area (Å²) in [6.07, 6.45) is 4.97. The van der Waals surface area contributed by atoms with Gasteiger partial charge >= 0.3 is 5.97 Å². The molecule has 158 valence electrons. The van der Waals surface area contributed by atoms with E-state index < -0.39 is 0 Å². The smallest absolute Gasteiger partial charge is 0.337 e. The van der Waals surface area contributed by atoms with Crippen molar-refractivity contribution < 1.29 is 19.1 Å². The quantitative estimate of drug-likeness (QED) is 0.466. The molecule has 0 N–H and O–H groups in total. The van der Waals surface area contributed by atoms with Crippen LogP contribution < -0.4 is 0 Å². The van der Waals surface area contributed by atoms with Crippen LogP contribution >= 0.6 is 0 Å². The molecule has 31 heavy (non-hydrogen) atoms. The van der Waals surface area contributed by atoms with Gasteiger partial charge in [-0.1, -0.05) is 12.1 Å². The first-order valence-corrected chi connectivity index (χ1v) is 10.8. The number of hydrogen-bond acceptors (Lipinski definition) is 4. The number of rotatable bonds is 5. The number of hydrogen-bond donors (Lipinski definition) is 0. The Kier molecular flexibility index (Phi) is 4.85. The molecule has 0 saturated heterocycles. The molecule has 1 aliphatic carbocycles. The van der Waals surface area contributed by atoms with Crippen molar-refractivity contribution in [2.75, 3.05) is 13.7 Å². The molecule has 2 aliphatic rings. The Hall–Kier alpha value is -3.41. The Morgan fingerprint density at radius 2 is 1.68 bits per heavy atom. The molecular weight excluding hydrogens is 392 g/mol. The Bertz CT molecular complexity index is 1190. The standard InChI is InChI=1S/C25H24N2O4/c1-31-25(30)16-11-12-22-20(15-16)17-7-4-5-10-21(17)26(22)13-6-14-27-23(28)18-8-2-3-9-19(18)24(27)29/h2-3,8-9,11-12,15H,4-7,10,13-14H2,1H3. The summed E-state index contributed by atoms with van der Waals surface area (Å²) in [7, 11) is 1.40. The first-order valence-electron chi connectivity index (χ1n) is 10.8. The Morgan fingerprint density at radius 1 is 0.968 bits per heavy atom. The van der Waals surface area contributed by atoms with Crippen molar-refractivity contribution >= 4 is 28.7 Å². The number of fused-ring (bicyclic) bond motifs is 4. The number of ether oxygens (including phenoxy) is 1. The zero-order chi connectivity index (χ0) is 21.5. The van der Waals surface area contributed by atoms with Gasteiger partial charge in [-0.05, 0) is 68.0 Å².